The van der Waals surface area contributed by atoms with E-state index in [4.69, 9.17) is 32.9 Å². The second-order valence-electron chi connectivity index (χ2n) is 8.90. The minimum absolute atomic E-state index is 0. The van der Waals surface area contributed by atoms with Crippen LogP contribution >= 0.6 is 0 Å². The van der Waals surface area contributed by atoms with Crippen molar-refractivity contribution in [1.82, 2.24) is 0 Å². The van der Waals surface area contributed by atoms with Gasteiger partial charge in [0.25, 0.3) is 0 Å². The molecule has 0 spiro atoms. The van der Waals surface area contributed by atoms with E-state index in [1.807, 2.05) is 27.7 Å². The van der Waals surface area contributed by atoms with Crippen LogP contribution in [0.3, 0.4) is 0 Å². The minimum Gasteiger partial charge on any atom is 0 e. The normalized spacial score (nSPS) is 18.3. The molecule has 0 unspecified atom stereocenters. The van der Waals surface area contributed by atoms with Crippen molar-refractivity contribution in [3.05, 3.63) is 49.8 Å². The molecule has 1 aliphatic heterocycles. The maximum Gasteiger partial charge on any atom is 0 e. The quantitative estimate of drug-likeness (QED) is 0.336. The van der Waals surface area contributed by atoms with E-state index in [0.29, 0.717) is 0 Å². The van der Waals surface area contributed by atoms with E-state index >= 15 is 0 Å². The number of benzene rings is 1. The first-order valence-electron chi connectivity index (χ1n) is 9.56. The van der Waals surface area contributed by atoms with Crippen molar-refractivity contribution in [1.29, 1.82) is 0 Å². The van der Waals surface area contributed by atoms with E-state index in [1.54, 1.807) is 14.2 Å². The standard InChI is InChI=1S/C20H34O4Si.3CO.Cr/c1-19(2,21-5)16-17(20(3,4)22-6)24-18(23-16)14-12-10-11-13-15(14)25(7,8)9;3*1-2;/h10-13,16-18H,1-9H3;;;;/t16-,17-;;;;/m1..../s1. The molecule has 32 heavy (non-hydrogen) atoms. The summed E-state index contributed by atoms with van der Waals surface area (Å²) < 4.78 is 46.8. The van der Waals surface area contributed by atoms with E-state index in [2.05, 4.69) is 63.9 Å². The smallest absolute Gasteiger partial charge is 0 e. The van der Waals surface area contributed by atoms with Gasteiger partial charge in [0.2, 0.25) is 0 Å². The molecule has 178 valence electrons. The summed E-state index contributed by atoms with van der Waals surface area (Å²) in [5.74, 6) is 0. The molecular formula is C23H34CrO7Si. The second-order valence-corrected chi connectivity index (χ2v) is 13.9. The summed E-state index contributed by atoms with van der Waals surface area (Å²) in [5, 5.41) is 1.37. The molecule has 9 heteroatoms. The van der Waals surface area contributed by atoms with Crippen LogP contribution in [-0.4, -0.2) is 45.7 Å². The number of ether oxygens (including phenoxy) is 4. The van der Waals surface area contributed by atoms with Crippen molar-refractivity contribution in [2.45, 2.75) is 77.0 Å². The first kappa shape index (κ1) is 35.6. The average molecular weight is 503 g/mol. The van der Waals surface area contributed by atoms with Crippen LogP contribution in [0.5, 0.6) is 0 Å². The molecule has 1 fully saturated rings. The predicted octanol–water partition coefficient (Wildman–Crippen LogP) is 3.75. The molecule has 0 amide bonds. The van der Waals surface area contributed by atoms with Crippen LogP contribution in [0.15, 0.2) is 24.3 Å². The van der Waals surface area contributed by atoms with Gasteiger partial charge in [-0.2, -0.15) is 0 Å². The average Bonchev–Trinajstić information content (AvgIpc) is 3.25. The van der Waals surface area contributed by atoms with Gasteiger partial charge in [0.15, 0.2) is 6.29 Å². The number of methoxy groups -OCH3 is 2. The van der Waals surface area contributed by atoms with E-state index in [9.17, 15) is 0 Å². The van der Waals surface area contributed by atoms with Gasteiger partial charge in [0.05, 0.1) is 19.3 Å². The fourth-order valence-electron chi connectivity index (χ4n) is 3.26. The van der Waals surface area contributed by atoms with Crippen molar-refractivity contribution in [2.75, 3.05) is 14.2 Å². The largest absolute Gasteiger partial charge is 0 e. The van der Waals surface area contributed by atoms with E-state index < -0.39 is 25.6 Å². The molecule has 0 radical (unpaired) electrons. The van der Waals surface area contributed by atoms with Crippen LogP contribution in [-0.2, 0) is 50.3 Å². The number of hydrogen-bond acceptors (Lipinski definition) is 4. The van der Waals surface area contributed by atoms with Gasteiger partial charge in [-0.25, -0.2) is 0 Å². The molecule has 0 N–H and O–H groups in total. The summed E-state index contributed by atoms with van der Waals surface area (Å²) in [6.45, 7) is 28.7. The van der Waals surface area contributed by atoms with Gasteiger partial charge in [0.1, 0.15) is 12.2 Å². The molecular weight excluding hydrogens is 468 g/mol. The van der Waals surface area contributed by atoms with Gasteiger partial charge in [-0.15, -0.1) is 0 Å². The van der Waals surface area contributed by atoms with Crippen LogP contribution in [0.25, 0.3) is 0 Å². The molecule has 7 nitrogen and oxygen atoms in total. The van der Waals surface area contributed by atoms with Crippen molar-refractivity contribution in [2.24, 2.45) is 0 Å². The Labute approximate surface area is 204 Å². The van der Waals surface area contributed by atoms with Gasteiger partial charge >= 0.3 is 33.9 Å². The first-order valence-corrected chi connectivity index (χ1v) is 13.1. The molecule has 0 aromatic heterocycles. The van der Waals surface area contributed by atoms with Crippen molar-refractivity contribution >= 4 is 13.3 Å². The summed E-state index contributed by atoms with van der Waals surface area (Å²) in [6.07, 6.45) is -0.860. The van der Waals surface area contributed by atoms with Crippen LogP contribution in [0.1, 0.15) is 39.5 Å². The van der Waals surface area contributed by atoms with E-state index in [0.717, 1.165) is 5.56 Å². The molecule has 2 rings (SSSR count). The molecule has 0 aliphatic carbocycles. The zero-order chi connectivity index (χ0) is 25.0. The third-order valence-corrected chi connectivity index (χ3v) is 7.33. The molecule has 1 aromatic rings. The summed E-state index contributed by atoms with van der Waals surface area (Å²) in [7, 11) is 1.90. The van der Waals surface area contributed by atoms with E-state index in [1.165, 1.54) is 5.19 Å². The third-order valence-electron chi connectivity index (χ3n) is 5.26. The zero-order valence-corrected chi connectivity index (χ0v) is 22.6. The molecule has 1 aromatic carbocycles. The Morgan fingerprint density at radius 3 is 1.44 bits per heavy atom. The molecule has 1 heterocycles. The molecule has 1 saturated heterocycles. The first-order chi connectivity index (χ1) is 14.4. The Bertz CT molecular complexity index is 685. The maximum absolute atomic E-state index is 7.50. The molecule has 0 bridgehead atoms. The third kappa shape index (κ3) is 9.11. The van der Waals surface area contributed by atoms with Crippen LogP contribution in [0.2, 0.25) is 19.6 Å². The summed E-state index contributed by atoms with van der Waals surface area (Å²) >= 11 is 0. The Hall–Kier alpha value is -0.971. The Morgan fingerprint density at radius 1 is 0.781 bits per heavy atom. The predicted molar refractivity (Wildman–Crippen MR) is 116 cm³/mol. The monoisotopic (exact) mass is 502 g/mol. The topological polar surface area (TPSA) is 96.6 Å². The van der Waals surface area contributed by atoms with Gasteiger partial charge in [-0.05, 0) is 27.7 Å². The van der Waals surface area contributed by atoms with Gasteiger partial charge in [0, 0.05) is 37.1 Å². The van der Waals surface area contributed by atoms with Crippen LogP contribution < -0.4 is 5.19 Å². The van der Waals surface area contributed by atoms with Crippen molar-refractivity contribution in [3.8, 4) is 0 Å². The molecule has 1 aliphatic rings. The summed E-state index contributed by atoms with van der Waals surface area (Å²) in [5.41, 5.74) is 0.167. The summed E-state index contributed by atoms with van der Waals surface area (Å²) in [4.78, 5) is 0. The van der Waals surface area contributed by atoms with Crippen molar-refractivity contribution < 1.29 is 50.3 Å². The number of hydrogen-bond donors (Lipinski definition) is 0. The Morgan fingerprint density at radius 2 is 1.12 bits per heavy atom. The van der Waals surface area contributed by atoms with Crippen LogP contribution in [0, 0.1) is 20.0 Å². The van der Waals surface area contributed by atoms with Crippen molar-refractivity contribution in [3.63, 3.8) is 0 Å². The second kappa shape index (κ2) is 15.8. The SMILES string of the molecule is COC(C)(C)[C@@H]1OC(c2ccccc2[Si](C)(C)C)O[C@H]1C(C)(C)OC.[C-]#[O+].[C-]#[O+].[C-]#[O+].[Cr]. The fraction of sp³-hybridized carbons (Fsp3) is 0.609. The zero-order valence-electron chi connectivity index (χ0n) is 20.3. The van der Waals surface area contributed by atoms with Crippen LogP contribution in [0.4, 0.5) is 0 Å². The molecule has 0 saturated carbocycles. The summed E-state index contributed by atoms with van der Waals surface area (Å²) in [6, 6.07) is 8.48. The Balaban J connectivity index is -0.00000111. The van der Waals surface area contributed by atoms with Gasteiger partial charge < -0.3 is 18.9 Å². The van der Waals surface area contributed by atoms with E-state index in [-0.39, 0.29) is 29.6 Å². The number of rotatable bonds is 6. The van der Waals surface area contributed by atoms with Gasteiger partial charge in [-0.3, -0.25) is 0 Å². The minimum atomic E-state index is -1.52. The molecule has 2 atom stereocenters. The maximum atomic E-state index is 7.50. The fourth-order valence-corrected chi connectivity index (χ4v) is 4.93. The Kier molecular flexibility index (Phi) is 17.6. The van der Waals surface area contributed by atoms with Gasteiger partial charge in [-0.1, -0.05) is 49.1 Å².